The second-order valence-electron chi connectivity index (χ2n) is 7.13. The van der Waals surface area contributed by atoms with Crippen LogP contribution in [0.25, 0.3) is 0 Å². The third kappa shape index (κ3) is 3.42. The molecule has 0 radical (unpaired) electrons. The van der Waals surface area contributed by atoms with Gasteiger partial charge in [-0.2, -0.15) is 4.98 Å². The molecule has 3 fully saturated rings. The highest BCUT2D eigenvalue weighted by molar-refractivity contribution is 5.80. The molecule has 6 nitrogen and oxygen atoms in total. The van der Waals surface area contributed by atoms with Crippen LogP contribution in [0.5, 0.6) is 0 Å². The number of nitrogens with zero attached hydrogens (tertiary/aromatic N) is 3. The van der Waals surface area contributed by atoms with Gasteiger partial charge >= 0.3 is 0 Å². The smallest absolute Gasteiger partial charge is 0.249 e. The SMILES string of the molecule is O=C(C1CCC1)N1CCCC1c1nc(CCOCC2CC2)no1. The summed E-state index contributed by atoms with van der Waals surface area (Å²) in [6.45, 7) is 2.32. The Balaban J connectivity index is 1.32. The zero-order valence-corrected chi connectivity index (χ0v) is 13.6. The van der Waals surface area contributed by atoms with Crippen LogP contribution in [0.4, 0.5) is 0 Å². The van der Waals surface area contributed by atoms with Crippen LogP contribution >= 0.6 is 0 Å². The molecule has 3 aliphatic rings. The van der Waals surface area contributed by atoms with E-state index in [1.54, 1.807) is 0 Å². The van der Waals surface area contributed by atoms with E-state index in [0.717, 1.165) is 44.8 Å². The van der Waals surface area contributed by atoms with Crippen molar-refractivity contribution in [1.29, 1.82) is 0 Å². The molecule has 1 atom stereocenters. The Kier molecular flexibility index (Phi) is 4.33. The van der Waals surface area contributed by atoms with Gasteiger partial charge < -0.3 is 14.2 Å². The van der Waals surface area contributed by atoms with Gasteiger partial charge in [0.1, 0.15) is 6.04 Å². The predicted octanol–water partition coefficient (Wildman–Crippen LogP) is 2.50. The number of amides is 1. The Bertz CT molecular complexity index is 551. The van der Waals surface area contributed by atoms with E-state index in [4.69, 9.17) is 9.26 Å². The molecule has 0 N–H and O–H groups in total. The van der Waals surface area contributed by atoms with Gasteiger partial charge in [0.15, 0.2) is 5.82 Å². The summed E-state index contributed by atoms with van der Waals surface area (Å²) in [6, 6.07) is -0.0169. The van der Waals surface area contributed by atoms with Crippen LogP contribution in [0.3, 0.4) is 0 Å². The van der Waals surface area contributed by atoms with Crippen LogP contribution in [0.1, 0.15) is 62.7 Å². The molecule has 1 amide bonds. The Morgan fingerprint density at radius 2 is 2.09 bits per heavy atom. The number of aromatic nitrogens is 2. The van der Waals surface area contributed by atoms with Gasteiger partial charge in [-0.15, -0.1) is 0 Å². The third-order valence-corrected chi connectivity index (χ3v) is 5.28. The van der Waals surface area contributed by atoms with Crippen molar-refractivity contribution in [2.75, 3.05) is 19.8 Å². The Morgan fingerprint density at radius 3 is 2.83 bits per heavy atom. The number of carbonyl (C=O) groups is 1. The first-order chi connectivity index (χ1) is 11.3. The first kappa shape index (κ1) is 15.1. The van der Waals surface area contributed by atoms with Crippen molar-refractivity contribution in [3.05, 3.63) is 11.7 Å². The minimum absolute atomic E-state index is 0.0169. The van der Waals surface area contributed by atoms with Crippen molar-refractivity contribution in [1.82, 2.24) is 15.0 Å². The van der Waals surface area contributed by atoms with Crippen LogP contribution in [-0.2, 0) is 16.0 Å². The van der Waals surface area contributed by atoms with Crippen molar-refractivity contribution < 1.29 is 14.1 Å². The quantitative estimate of drug-likeness (QED) is 0.722. The summed E-state index contributed by atoms with van der Waals surface area (Å²) < 4.78 is 11.1. The summed E-state index contributed by atoms with van der Waals surface area (Å²) >= 11 is 0. The molecule has 1 aromatic rings. The molecule has 1 unspecified atom stereocenters. The summed E-state index contributed by atoms with van der Waals surface area (Å²) in [5.41, 5.74) is 0. The lowest BCUT2D eigenvalue weighted by atomic mass is 9.84. The molecule has 0 spiro atoms. The minimum atomic E-state index is -0.0169. The first-order valence-corrected chi connectivity index (χ1v) is 9.02. The molecule has 0 bridgehead atoms. The number of hydrogen-bond acceptors (Lipinski definition) is 5. The topological polar surface area (TPSA) is 68.5 Å². The standard InChI is InChI=1S/C17H25N3O3/c21-17(13-3-1-4-13)20-9-2-5-14(20)16-18-15(19-23-16)8-10-22-11-12-6-7-12/h12-14H,1-11H2. The summed E-state index contributed by atoms with van der Waals surface area (Å²) in [7, 11) is 0. The number of hydrogen-bond donors (Lipinski definition) is 0. The van der Waals surface area contributed by atoms with Gasteiger partial charge in [0.05, 0.1) is 6.61 Å². The molecule has 0 aromatic carbocycles. The van der Waals surface area contributed by atoms with E-state index in [-0.39, 0.29) is 17.9 Å². The van der Waals surface area contributed by atoms with E-state index >= 15 is 0 Å². The highest BCUT2D eigenvalue weighted by Crippen LogP contribution is 2.36. The zero-order chi connectivity index (χ0) is 15.6. The Hall–Kier alpha value is -1.43. The Labute approximate surface area is 136 Å². The van der Waals surface area contributed by atoms with Crippen LogP contribution in [-0.4, -0.2) is 40.7 Å². The van der Waals surface area contributed by atoms with Gasteiger partial charge in [0.2, 0.25) is 11.8 Å². The third-order valence-electron chi connectivity index (χ3n) is 5.28. The van der Waals surface area contributed by atoms with E-state index in [0.29, 0.717) is 24.7 Å². The molecule has 6 heteroatoms. The van der Waals surface area contributed by atoms with Crippen molar-refractivity contribution in [3.8, 4) is 0 Å². The maximum Gasteiger partial charge on any atom is 0.249 e. The zero-order valence-electron chi connectivity index (χ0n) is 13.6. The molecule has 1 saturated heterocycles. The maximum atomic E-state index is 12.5. The van der Waals surface area contributed by atoms with Gasteiger partial charge in [-0.3, -0.25) is 4.79 Å². The lowest BCUT2D eigenvalue weighted by molar-refractivity contribution is -0.139. The molecule has 126 valence electrons. The molecule has 2 heterocycles. The van der Waals surface area contributed by atoms with Crippen molar-refractivity contribution in [2.45, 2.75) is 57.4 Å². The normalized spacial score (nSPS) is 24.9. The fourth-order valence-electron chi connectivity index (χ4n) is 3.38. The van der Waals surface area contributed by atoms with E-state index in [9.17, 15) is 4.79 Å². The average Bonchev–Trinajstić information content (AvgIpc) is 3.00. The van der Waals surface area contributed by atoms with E-state index in [1.165, 1.54) is 19.3 Å². The van der Waals surface area contributed by atoms with Crippen LogP contribution in [0.15, 0.2) is 4.52 Å². The summed E-state index contributed by atoms with van der Waals surface area (Å²) in [5.74, 6) is 2.59. The molecule has 1 aromatic heterocycles. The molecular formula is C17H25N3O3. The van der Waals surface area contributed by atoms with Gasteiger partial charge in [0.25, 0.3) is 0 Å². The van der Waals surface area contributed by atoms with Crippen molar-refractivity contribution in [2.24, 2.45) is 11.8 Å². The summed E-state index contributed by atoms with van der Waals surface area (Å²) in [6.07, 6.45) is 8.49. The van der Waals surface area contributed by atoms with E-state index in [2.05, 4.69) is 10.1 Å². The van der Waals surface area contributed by atoms with Crippen molar-refractivity contribution >= 4 is 5.91 Å². The lowest BCUT2D eigenvalue weighted by Crippen LogP contribution is -2.38. The number of carbonyl (C=O) groups excluding carboxylic acids is 1. The van der Waals surface area contributed by atoms with Crippen molar-refractivity contribution in [3.63, 3.8) is 0 Å². The number of likely N-dealkylation sites (tertiary alicyclic amines) is 1. The van der Waals surface area contributed by atoms with Crippen LogP contribution < -0.4 is 0 Å². The minimum Gasteiger partial charge on any atom is -0.381 e. The van der Waals surface area contributed by atoms with E-state index < -0.39 is 0 Å². The summed E-state index contributed by atoms with van der Waals surface area (Å²) in [4.78, 5) is 19.0. The van der Waals surface area contributed by atoms with Gasteiger partial charge in [-0.05, 0) is 44.4 Å². The first-order valence-electron chi connectivity index (χ1n) is 9.02. The number of ether oxygens (including phenoxy) is 1. The molecule has 2 aliphatic carbocycles. The Morgan fingerprint density at radius 1 is 1.22 bits per heavy atom. The molecule has 23 heavy (non-hydrogen) atoms. The van der Waals surface area contributed by atoms with Gasteiger partial charge in [0, 0.05) is 25.5 Å². The maximum absolute atomic E-state index is 12.5. The summed E-state index contributed by atoms with van der Waals surface area (Å²) in [5, 5.41) is 4.06. The van der Waals surface area contributed by atoms with Crippen LogP contribution in [0, 0.1) is 11.8 Å². The molecular weight excluding hydrogens is 294 g/mol. The van der Waals surface area contributed by atoms with Gasteiger partial charge in [-0.1, -0.05) is 11.6 Å². The average molecular weight is 319 g/mol. The fourth-order valence-corrected chi connectivity index (χ4v) is 3.38. The lowest BCUT2D eigenvalue weighted by Gasteiger charge is -2.31. The second-order valence-corrected chi connectivity index (χ2v) is 7.13. The highest BCUT2D eigenvalue weighted by Gasteiger charge is 2.38. The van der Waals surface area contributed by atoms with Gasteiger partial charge in [-0.25, -0.2) is 0 Å². The monoisotopic (exact) mass is 319 g/mol. The highest BCUT2D eigenvalue weighted by atomic mass is 16.5. The second kappa shape index (κ2) is 6.59. The predicted molar refractivity (Wildman–Crippen MR) is 82.6 cm³/mol. The molecule has 4 rings (SSSR count). The number of rotatable bonds is 7. The fraction of sp³-hybridized carbons (Fsp3) is 0.824. The van der Waals surface area contributed by atoms with Crippen LogP contribution in [0.2, 0.25) is 0 Å². The molecule has 1 aliphatic heterocycles. The largest absolute Gasteiger partial charge is 0.381 e. The molecule has 2 saturated carbocycles. The van der Waals surface area contributed by atoms with E-state index in [1.807, 2.05) is 4.90 Å².